The molecule has 0 aliphatic heterocycles. The fourth-order valence-electron chi connectivity index (χ4n) is 3.09. The van der Waals surface area contributed by atoms with Crippen molar-refractivity contribution in [2.24, 2.45) is 0 Å². The molecule has 0 aliphatic rings. The standard InChI is InChI=1S/C25H27ClN2O3S/c1-4-5-6-15-31-21-13-7-18(16-22(21)30-3)8-14-23(29)27-25-28-24(17(2)32-25)19-9-11-20(26)12-10-19/h7-14,16H,4-6,15H2,1-3H3,(H,27,28,29). The third kappa shape index (κ3) is 6.58. The molecule has 0 unspecified atom stereocenters. The number of unbranched alkanes of at least 4 members (excludes halogenated alkanes) is 2. The quantitative estimate of drug-likeness (QED) is 0.256. The van der Waals surface area contributed by atoms with Crippen LogP contribution in [0.5, 0.6) is 11.5 Å². The number of benzene rings is 2. The number of hydrogen-bond acceptors (Lipinski definition) is 5. The highest BCUT2D eigenvalue weighted by Crippen LogP contribution is 2.31. The lowest BCUT2D eigenvalue weighted by Gasteiger charge is -2.11. The van der Waals surface area contributed by atoms with Crippen molar-refractivity contribution in [3.8, 4) is 22.8 Å². The van der Waals surface area contributed by atoms with Gasteiger partial charge in [-0.2, -0.15) is 0 Å². The fourth-order valence-corrected chi connectivity index (χ4v) is 4.05. The van der Waals surface area contributed by atoms with E-state index in [-0.39, 0.29) is 5.91 Å². The van der Waals surface area contributed by atoms with Gasteiger partial charge in [-0.15, -0.1) is 11.3 Å². The zero-order valence-corrected chi connectivity index (χ0v) is 20.1. The van der Waals surface area contributed by atoms with Crippen molar-refractivity contribution < 1.29 is 14.3 Å². The largest absolute Gasteiger partial charge is 0.493 e. The molecular weight excluding hydrogens is 444 g/mol. The number of anilines is 1. The first-order chi connectivity index (χ1) is 15.5. The topological polar surface area (TPSA) is 60.5 Å². The highest BCUT2D eigenvalue weighted by Gasteiger charge is 2.11. The minimum absolute atomic E-state index is 0.250. The van der Waals surface area contributed by atoms with Crippen LogP contribution in [0.15, 0.2) is 48.5 Å². The first-order valence-electron chi connectivity index (χ1n) is 10.5. The fraction of sp³-hybridized carbons (Fsp3) is 0.280. The Bertz CT molecular complexity index is 1080. The van der Waals surface area contributed by atoms with Gasteiger partial charge in [-0.1, -0.05) is 49.6 Å². The van der Waals surface area contributed by atoms with Gasteiger partial charge in [0.05, 0.1) is 19.4 Å². The van der Waals surface area contributed by atoms with E-state index in [1.54, 1.807) is 13.2 Å². The van der Waals surface area contributed by atoms with E-state index < -0.39 is 0 Å². The molecule has 1 amide bonds. The minimum atomic E-state index is -0.250. The molecule has 1 heterocycles. The molecule has 0 fully saturated rings. The number of thiazole rings is 1. The summed E-state index contributed by atoms with van der Waals surface area (Å²) in [5, 5.41) is 4.06. The molecule has 7 heteroatoms. The van der Waals surface area contributed by atoms with E-state index in [0.29, 0.717) is 28.3 Å². The summed E-state index contributed by atoms with van der Waals surface area (Å²) >= 11 is 7.40. The molecule has 2 aromatic carbocycles. The zero-order valence-electron chi connectivity index (χ0n) is 18.5. The number of aryl methyl sites for hydroxylation is 1. The highest BCUT2D eigenvalue weighted by molar-refractivity contribution is 7.16. The second-order valence-corrected chi connectivity index (χ2v) is 8.86. The number of nitrogens with one attached hydrogen (secondary N) is 1. The number of hydrogen-bond donors (Lipinski definition) is 1. The van der Waals surface area contributed by atoms with Crippen molar-refractivity contribution in [2.75, 3.05) is 19.0 Å². The predicted molar refractivity (Wildman–Crippen MR) is 133 cm³/mol. The van der Waals surface area contributed by atoms with Crippen LogP contribution < -0.4 is 14.8 Å². The summed E-state index contributed by atoms with van der Waals surface area (Å²) in [5.41, 5.74) is 2.64. The second-order valence-electron chi connectivity index (χ2n) is 7.22. The summed E-state index contributed by atoms with van der Waals surface area (Å²) in [6.07, 6.45) is 6.51. The molecule has 0 aliphatic carbocycles. The first-order valence-corrected chi connectivity index (χ1v) is 11.7. The van der Waals surface area contributed by atoms with Crippen molar-refractivity contribution in [1.82, 2.24) is 4.98 Å². The van der Waals surface area contributed by atoms with E-state index in [9.17, 15) is 4.79 Å². The number of halogens is 1. The molecule has 0 spiro atoms. The Hall–Kier alpha value is -2.83. The van der Waals surface area contributed by atoms with Gasteiger partial charge < -0.3 is 9.47 Å². The van der Waals surface area contributed by atoms with Gasteiger partial charge in [0.1, 0.15) is 0 Å². The molecule has 0 bridgehead atoms. The van der Waals surface area contributed by atoms with Crippen LogP contribution in [0.1, 0.15) is 36.6 Å². The van der Waals surface area contributed by atoms with Gasteiger partial charge >= 0.3 is 0 Å². The van der Waals surface area contributed by atoms with E-state index >= 15 is 0 Å². The van der Waals surface area contributed by atoms with Crippen molar-refractivity contribution in [1.29, 1.82) is 0 Å². The summed E-state index contributed by atoms with van der Waals surface area (Å²) in [6, 6.07) is 13.1. The van der Waals surface area contributed by atoms with E-state index in [0.717, 1.165) is 41.0 Å². The minimum Gasteiger partial charge on any atom is -0.493 e. The zero-order chi connectivity index (χ0) is 22.9. The third-order valence-electron chi connectivity index (χ3n) is 4.76. The Morgan fingerprint density at radius 3 is 2.66 bits per heavy atom. The van der Waals surface area contributed by atoms with Crippen LogP contribution in [-0.2, 0) is 4.79 Å². The molecule has 3 rings (SSSR count). The molecule has 1 aromatic heterocycles. The highest BCUT2D eigenvalue weighted by atomic mass is 35.5. The van der Waals surface area contributed by atoms with Crippen LogP contribution >= 0.6 is 22.9 Å². The molecule has 1 N–H and O–H groups in total. The van der Waals surface area contributed by atoms with Gasteiger partial charge in [-0.05, 0) is 49.2 Å². The lowest BCUT2D eigenvalue weighted by molar-refractivity contribution is -0.111. The van der Waals surface area contributed by atoms with Crippen molar-refractivity contribution in [2.45, 2.75) is 33.1 Å². The lowest BCUT2D eigenvalue weighted by atomic mass is 10.1. The number of aromatic nitrogens is 1. The van der Waals surface area contributed by atoms with Crippen LogP contribution in [0.4, 0.5) is 5.13 Å². The number of nitrogens with zero attached hydrogens (tertiary/aromatic N) is 1. The smallest absolute Gasteiger partial charge is 0.250 e. The van der Waals surface area contributed by atoms with E-state index in [4.69, 9.17) is 21.1 Å². The van der Waals surface area contributed by atoms with Crippen LogP contribution in [0.3, 0.4) is 0 Å². The van der Waals surface area contributed by atoms with Crippen LogP contribution in [0.25, 0.3) is 17.3 Å². The Morgan fingerprint density at radius 1 is 1.16 bits per heavy atom. The average Bonchev–Trinajstić information content (AvgIpc) is 3.15. The summed E-state index contributed by atoms with van der Waals surface area (Å²) in [4.78, 5) is 18.0. The van der Waals surface area contributed by atoms with Crippen LogP contribution in [0.2, 0.25) is 5.02 Å². The molecule has 32 heavy (non-hydrogen) atoms. The molecule has 5 nitrogen and oxygen atoms in total. The third-order valence-corrected chi connectivity index (χ3v) is 5.90. The van der Waals surface area contributed by atoms with Crippen molar-refractivity contribution in [3.05, 3.63) is 64.0 Å². The van der Waals surface area contributed by atoms with Crippen LogP contribution in [-0.4, -0.2) is 24.6 Å². The number of carbonyl (C=O) groups is 1. The van der Waals surface area contributed by atoms with Gasteiger partial charge in [0.2, 0.25) is 5.91 Å². The van der Waals surface area contributed by atoms with Crippen molar-refractivity contribution in [3.63, 3.8) is 0 Å². The Morgan fingerprint density at radius 2 is 1.94 bits per heavy atom. The van der Waals surface area contributed by atoms with Gasteiger partial charge in [-0.3, -0.25) is 10.1 Å². The SMILES string of the molecule is CCCCCOc1ccc(C=CC(=O)Nc2nc(-c3ccc(Cl)cc3)c(C)s2)cc1OC. The molecule has 0 radical (unpaired) electrons. The van der Waals surface area contributed by atoms with Crippen molar-refractivity contribution >= 4 is 40.1 Å². The summed E-state index contributed by atoms with van der Waals surface area (Å²) < 4.78 is 11.2. The van der Waals surface area contributed by atoms with Gasteiger partial charge in [-0.25, -0.2) is 4.98 Å². The maximum Gasteiger partial charge on any atom is 0.250 e. The normalized spacial score (nSPS) is 11.0. The number of amides is 1. The molecule has 0 saturated carbocycles. The molecule has 0 saturated heterocycles. The monoisotopic (exact) mass is 470 g/mol. The summed E-state index contributed by atoms with van der Waals surface area (Å²) in [7, 11) is 1.61. The molecule has 0 atom stereocenters. The summed E-state index contributed by atoms with van der Waals surface area (Å²) in [6.45, 7) is 4.80. The predicted octanol–water partition coefficient (Wildman–Crippen LogP) is 7.00. The van der Waals surface area contributed by atoms with E-state index in [2.05, 4.69) is 17.2 Å². The Kier molecular flexibility index (Phi) is 8.71. The molecule has 3 aromatic rings. The first kappa shape index (κ1) is 23.8. The van der Waals surface area contributed by atoms with Gasteiger partial charge in [0, 0.05) is 21.5 Å². The maximum absolute atomic E-state index is 12.4. The summed E-state index contributed by atoms with van der Waals surface area (Å²) in [5.74, 6) is 1.10. The van der Waals surface area contributed by atoms with Gasteiger partial charge in [0.15, 0.2) is 16.6 Å². The average molecular weight is 471 g/mol. The Balaban J connectivity index is 1.63. The molecular formula is C25H27ClN2O3S. The van der Waals surface area contributed by atoms with E-state index in [1.165, 1.54) is 17.4 Å². The maximum atomic E-state index is 12.4. The van der Waals surface area contributed by atoms with Crippen LogP contribution in [0, 0.1) is 6.92 Å². The Labute approximate surface area is 198 Å². The molecule has 168 valence electrons. The number of carbonyl (C=O) groups excluding carboxylic acids is 1. The van der Waals surface area contributed by atoms with Gasteiger partial charge in [0.25, 0.3) is 0 Å². The number of rotatable bonds is 10. The lowest BCUT2D eigenvalue weighted by Crippen LogP contribution is -2.07. The van der Waals surface area contributed by atoms with E-state index in [1.807, 2.05) is 49.4 Å². The second kappa shape index (κ2) is 11.7. The number of methoxy groups -OCH3 is 1. The number of ether oxygens (including phenoxy) is 2.